The molecule has 0 amide bonds. The molecule has 2 aromatic heterocycles. The maximum absolute atomic E-state index is 3.64. The number of aromatic nitrogens is 2. The zero-order valence-electron chi connectivity index (χ0n) is 23.6. The van der Waals surface area contributed by atoms with E-state index in [2.05, 4.69) is 178 Å². The Hall–Kier alpha value is -4.38. The molecule has 0 saturated carbocycles. The molecule has 2 heterocycles. The van der Waals surface area contributed by atoms with Gasteiger partial charge >= 0.3 is 0 Å². The number of benzene rings is 6. The molecule has 0 N–H and O–H groups in total. The predicted molar refractivity (Wildman–Crippen MR) is 186 cm³/mol. The number of halogens is 1. The summed E-state index contributed by atoms with van der Waals surface area (Å²) in [6.45, 7) is 4.94. The van der Waals surface area contributed by atoms with Crippen molar-refractivity contribution in [3.05, 3.63) is 144 Å². The molecule has 0 saturated heterocycles. The summed E-state index contributed by atoms with van der Waals surface area (Å²) in [7, 11) is -2.08. The fourth-order valence-electron chi connectivity index (χ4n) is 6.65. The van der Waals surface area contributed by atoms with Crippen LogP contribution in [0.25, 0.3) is 55.0 Å². The van der Waals surface area contributed by atoms with Gasteiger partial charge in [0.25, 0.3) is 0 Å². The van der Waals surface area contributed by atoms with E-state index >= 15 is 0 Å². The number of hydrogen-bond donors (Lipinski definition) is 0. The molecule has 6 aromatic carbocycles. The summed E-state index contributed by atoms with van der Waals surface area (Å²) in [5.74, 6) is 0. The summed E-state index contributed by atoms with van der Waals surface area (Å²) in [6.07, 6.45) is 0. The van der Waals surface area contributed by atoms with Crippen molar-refractivity contribution in [2.24, 2.45) is 0 Å². The quantitative estimate of drug-likeness (QED) is 0.173. The molecule has 0 spiro atoms. The Morgan fingerprint density at radius 1 is 0.429 bits per heavy atom. The van der Waals surface area contributed by atoms with Crippen LogP contribution < -0.4 is 10.4 Å². The molecule has 8 rings (SSSR count). The van der Waals surface area contributed by atoms with Crippen LogP contribution in [0.3, 0.4) is 0 Å². The highest BCUT2D eigenvalue weighted by atomic mass is 79.9. The van der Waals surface area contributed by atoms with Gasteiger partial charge in [0.1, 0.15) is 8.07 Å². The minimum atomic E-state index is -2.08. The van der Waals surface area contributed by atoms with E-state index in [9.17, 15) is 0 Å². The SMILES string of the molecule is C[Si](C)(c1ccc(Br)cc1)c1cc(-n2c3ccccc3c3ccccc32)cc(-n2c3ccccc3c3ccccc32)c1. The van der Waals surface area contributed by atoms with E-state index in [1.165, 1.54) is 65.4 Å². The standard InChI is InChI=1S/C38H29BrN2Si/c1-42(2,29-21-19-26(39)20-22-29)30-24-27(40-35-15-7-3-11-31(35)32-12-4-8-16-36(32)40)23-28(25-30)41-37-17-9-5-13-33(37)34-14-6-10-18-38(34)41/h3-25H,1-2H3. The smallest absolute Gasteiger partial charge is 0.112 e. The van der Waals surface area contributed by atoms with E-state index in [1.807, 2.05) is 0 Å². The lowest BCUT2D eigenvalue weighted by Gasteiger charge is -2.26. The van der Waals surface area contributed by atoms with Gasteiger partial charge in [-0.2, -0.15) is 0 Å². The van der Waals surface area contributed by atoms with Gasteiger partial charge < -0.3 is 9.13 Å². The Labute approximate surface area is 254 Å². The highest BCUT2D eigenvalue weighted by molar-refractivity contribution is 9.10. The lowest BCUT2D eigenvalue weighted by atomic mass is 10.2. The van der Waals surface area contributed by atoms with Crippen LogP contribution in [0.15, 0.2) is 144 Å². The van der Waals surface area contributed by atoms with Gasteiger partial charge in [-0.3, -0.25) is 0 Å². The van der Waals surface area contributed by atoms with Crippen molar-refractivity contribution in [3.63, 3.8) is 0 Å². The molecule has 0 aliphatic heterocycles. The Kier molecular flexibility index (Phi) is 5.78. The predicted octanol–water partition coefficient (Wildman–Crippen LogP) is 9.47. The average Bonchev–Trinajstić information content (AvgIpc) is 3.54. The van der Waals surface area contributed by atoms with E-state index in [0.29, 0.717) is 0 Å². The first kappa shape index (κ1) is 25.3. The van der Waals surface area contributed by atoms with Crippen molar-refractivity contribution in [1.29, 1.82) is 0 Å². The van der Waals surface area contributed by atoms with Crippen LogP contribution in [0, 0.1) is 0 Å². The molecular weight excluding hydrogens is 592 g/mol. The van der Waals surface area contributed by atoms with Gasteiger partial charge in [-0.25, -0.2) is 0 Å². The average molecular weight is 622 g/mol. The van der Waals surface area contributed by atoms with Crippen LogP contribution in [0.5, 0.6) is 0 Å². The highest BCUT2D eigenvalue weighted by Gasteiger charge is 2.28. The molecule has 8 aromatic rings. The third kappa shape index (κ3) is 3.83. The molecule has 0 aliphatic rings. The fraction of sp³-hybridized carbons (Fsp3) is 0.0526. The van der Waals surface area contributed by atoms with Gasteiger partial charge in [0.05, 0.1) is 22.1 Å². The van der Waals surface area contributed by atoms with Crippen LogP contribution in [0.1, 0.15) is 0 Å². The van der Waals surface area contributed by atoms with E-state index in [0.717, 1.165) is 4.47 Å². The molecule has 0 atom stereocenters. The third-order valence-electron chi connectivity index (χ3n) is 8.87. The first-order valence-electron chi connectivity index (χ1n) is 14.4. The highest BCUT2D eigenvalue weighted by Crippen LogP contribution is 2.35. The number of rotatable bonds is 4. The molecule has 2 nitrogen and oxygen atoms in total. The maximum atomic E-state index is 3.64. The van der Waals surface area contributed by atoms with Crippen molar-refractivity contribution in [2.45, 2.75) is 13.1 Å². The van der Waals surface area contributed by atoms with Gasteiger partial charge in [-0.15, -0.1) is 0 Å². The molecule has 0 fully saturated rings. The number of fused-ring (bicyclic) bond motifs is 6. The second-order valence-corrected chi connectivity index (χ2v) is 16.9. The molecule has 0 unspecified atom stereocenters. The fourth-order valence-corrected chi connectivity index (χ4v) is 9.26. The van der Waals surface area contributed by atoms with E-state index in [1.54, 1.807) is 0 Å². The second-order valence-electron chi connectivity index (χ2n) is 11.6. The van der Waals surface area contributed by atoms with Gasteiger partial charge in [0.2, 0.25) is 0 Å². The second kappa shape index (κ2) is 9.58. The first-order valence-corrected chi connectivity index (χ1v) is 18.2. The van der Waals surface area contributed by atoms with Crippen LogP contribution >= 0.6 is 15.9 Å². The van der Waals surface area contributed by atoms with Crippen molar-refractivity contribution in [1.82, 2.24) is 9.13 Å². The maximum Gasteiger partial charge on any atom is 0.112 e. The minimum Gasteiger partial charge on any atom is -0.309 e. The van der Waals surface area contributed by atoms with Gasteiger partial charge in [0.15, 0.2) is 0 Å². The minimum absolute atomic E-state index is 1.11. The van der Waals surface area contributed by atoms with E-state index in [4.69, 9.17) is 0 Å². The molecule has 0 radical (unpaired) electrons. The van der Waals surface area contributed by atoms with Crippen LogP contribution in [0.4, 0.5) is 0 Å². The summed E-state index contributed by atoms with van der Waals surface area (Å²) in [5, 5.41) is 7.93. The zero-order chi connectivity index (χ0) is 28.4. The molecule has 0 bridgehead atoms. The van der Waals surface area contributed by atoms with E-state index < -0.39 is 8.07 Å². The molecular formula is C38H29BrN2Si. The lowest BCUT2D eigenvalue weighted by Crippen LogP contribution is -2.53. The van der Waals surface area contributed by atoms with E-state index in [-0.39, 0.29) is 0 Å². The summed E-state index contributed by atoms with van der Waals surface area (Å²) in [5.41, 5.74) is 7.30. The summed E-state index contributed by atoms with van der Waals surface area (Å²) in [6, 6.07) is 51.3. The topological polar surface area (TPSA) is 9.86 Å². The van der Waals surface area contributed by atoms with Crippen LogP contribution in [-0.2, 0) is 0 Å². The summed E-state index contributed by atoms with van der Waals surface area (Å²) >= 11 is 3.64. The number of nitrogens with zero attached hydrogens (tertiary/aromatic N) is 2. The summed E-state index contributed by atoms with van der Waals surface area (Å²) < 4.78 is 6.02. The summed E-state index contributed by atoms with van der Waals surface area (Å²) in [4.78, 5) is 0. The van der Waals surface area contributed by atoms with Crippen molar-refractivity contribution in [3.8, 4) is 11.4 Å². The lowest BCUT2D eigenvalue weighted by molar-refractivity contribution is 1.14. The first-order chi connectivity index (χ1) is 20.5. The Balaban J connectivity index is 1.49. The Morgan fingerprint density at radius 2 is 0.786 bits per heavy atom. The molecule has 4 heteroatoms. The number of hydrogen-bond acceptors (Lipinski definition) is 0. The Morgan fingerprint density at radius 3 is 1.17 bits per heavy atom. The van der Waals surface area contributed by atoms with Gasteiger partial charge in [0, 0.05) is 37.4 Å². The largest absolute Gasteiger partial charge is 0.309 e. The molecule has 0 aliphatic carbocycles. The zero-order valence-corrected chi connectivity index (χ0v) is 26.1. The van der Waals surface area contributed by atoms with Crippen LogP contribution in [0.2, 0.25) is 13.1 Å². The monoisotopic (exact) mass is 620 g/mol. The van der Waals surface area contributed by atoms with Crippen molar-refractivity contribution < 1.29 is 0 Å². The van der Waals surface area contributed by atoms with Gasteiger partial charge in [-0.05, 0) is 54.6 Å². The Bertz CT molecular complexity index is 2050. The normalized spacial score (nSPS) is 12.2. The molecule has 202 valence electrons. The molecule has 42 heavy (non-hydrogen) atoms. The number of para-hydroxylation sites is 4. The van der Waals surface area contributed by atoms with Crippen molar-refractivity contribution in [2.75, 3.05) is 0 Å². The van der Waals surface area contributed by atoms with Crippen molar-refractivity contribution >= 4 is 78.0 Å². The van der Waals surface area contributed by atoms with Gasteiger partial charge in [-0.1, -0.05) is 124 Å². The van der Waals surface area contributed by atoms with Crippen LogP contribution in [-0.4, -0.2) is 17.2 Å². The third-order valence-corrected chi connectivity index (χ3v) is 12.9.